The van der Waals surface area contributed by atoms with Gasteiger partial charge in [-0.1, -0.05) is 32.9 Å². The summed E-state index contributed by atoms with van der Waals surface area (Å²) in [6, 6.07) is 7.37. The molecule has 0 saturated carbocycles. The van der Waals surface area contributed by atoms with Gasteiger partial charge in [-0.3, -0.25) is 4.79 Å². The molecule has 2 aromatic rings. The highest BCUT2D eigenvalue weighted by atomic mass is 32.1. The number of Topliss-reactive ketones (excluding diaryl/α,β-unsaturated/α-hetero) is 1. The minimum Gasteiger partial charge on any atom is -0.321 e. The minimum atomic E-state index is -0.463. The molecule has 0 bridgehead atoms. The van der Waals surface area contributed by atoms with E-state index in [0.717, 1.165) is 15.6 Å². The van der Waals surface area contributed by atoms with E-state index in [-0.39, 0.29) is 11.2 Å². The Bertz CT molecular complexity index is 551. The maximum Gasteiger partial charge on any atom is 0.181 e. The lowest BCUT2D eigenvalue weighted by Gasteiger charge is -2.25. The zero-order chi connectivity index (χ0) is 12.6. The van der Waals surface area contributed by atoms with Gasteiger partial charge in [0.1, 0.15) is 0 Å². The van der Waals surface area contributed by atoms with Gasteiger partial charge < -0.3 is 5.73 Å². The molecule has 2 nitrogen and oxygen atoms in total. The molecule has 1 unspecified atom stereocenters. The maximum absolute atomic E-state index is 12.4. The number of benzene rings is 1. The Morgan fingerprint density at radius 1 is 1.29 bits per heavy atom. The van der Waals surface area contributed by atoms with Gasteiger partial charge in [0.15, 0.2) is 5.78 Å². The Balaban J connectivity index is 2.47. The number of hydrogen-bond acceptors (Lipinski definition) is 3. The number of ketones is 1. The summed E-state index contributed by atoms with van der Waals surface area (Å²) in [5.41, 5.74) is 6.58. The van der Waals surface area contributed by atoms with Gasteiger partial charge in [-0.25, -0.2) is 0 Å². The van der Waals surface area contributed by atoms with Crippen molar-refractivity contribution in [2.24, 2.45) is 11.1 Å². The van der Waals surface area contributed by atoms with Gasteiger partial charge in [-0.05, 0) is 28.3 Å². The number of nitrogens with two attached hydrogens (primary N) is 1. The third-order valence-electron chi connectivity index (χ3n) is 2.96. The van der Waals surface area contributed by atoms with Gasteiger partial charge in [-0.2, -0.15) is 0 Å². The van der Waals surface area contributed by atoms with Crippen LogP contribution in [0.4, 0.5) is 0 Å². The molecule has 0 aliphatic carbocycles. The number of thiophene rings is 1. The molecule has 90 valence electrons. The highest BCUT2D eigenvalue weighted by Crippen LogP contribution is 2.28. The molecule has 1 atom stereocenters. The molecule has 0 aliphatic heterocycles. The van der Waals surface area contributed by atoms with Crippen molar-refractivity contribution in [3.05, 3.63) is 35.2 Å². The molecule has 2 N–H and O–H groups in total. The van der Waals surface area contributed by atoms with E-state index in [1.165, 1.54) is 0 Å². The zero-order valence-corrected chi connectivity index (χ0v) is 11.2. The summed E-state index contributed by atoms with van der Waals surface area (Å²) in [6.07, 6.45) is 0. The van der Waals surface area contributed by atoms with Crippen LogP contribution >= 0.6 is 11.3 Å². The van der Waals surface area contributed by atoms with Crippen molar-refractivity contribution >= 4 is 27.2 Å². The molecular weight excluding hydrogens is 230 g/mol. The first-order chi connectivity index (χ1) is 7.91. The van der Waals surface area contributed by atoms with Crippen LogP contribution in [0.25, 0.3) is 10.1 Å². The molecule has 3 heteroatoms. The van der Waals surface area contributed by atoms with Crippen LogP contribution in [0.1, 0.15) is 31.1 Å². The Kier molecular flexibility index (Phi) is 3.06. The number of carbonyl (C=O) groups is 1. The monoisotopic (exact) mass is 247 g/mol. The van der Waals surface area contributed by atoms with E-state index in [2.05, 4.69) is 0 Å². The number of rotatable bonds is 2. The summed E-state index contributed by atoms with van der Waals surface area (Å²) >= 11 is 1.59. The average Bonchev–Trinajstić information content (AvgIpc) is 2.73. The molecule has 0 spiro atoms. The molecule has 0 radical (unpaired) electrons. The number of fused-ring (bicyclic) bond motifs is 1. The second kappa shape index (κ2) is 4.24. The number of hydrogen-bond donors (Lipinski definition) is 1. The Hall–Kier alpha value is -1.19. The lowest BCUT2D eigenvalue weighted by molar-refractivity contribution is 0.0903. The van der Waals surface area contributed by atoms with Crippen molar-refractivity contribution in [1.82, 2.24) is 0 Å². The van der Waals surface area contributed by atoms with E-state index in [1.54, 1.807) is 11.3 Å². The van der Waals surface area contributed by atoms with Crippen LogP contribution in [-0.4, -0.2) is 11.8 Å². The summed E-state index contributed by atoms with van der Waals surface area (Å²) in [7, 11) is 0. The third-order valence-corrected chi connectivity index (χ3v) is 3.92. The molecule has 0 saturated heterocycles. The van der Waals surface area contributed by atoms with E-state index in [1.807, 2.05) is 50.4 Å². The van der Waals surface area contributed by atoms with Crippen molar-refractivity contribution in [2.45, 2.75) is 26.8 Å². The lowest BCUT2D eigenvalue weighted by Crippen LogP contribution is -2.42. The van der Waals surface area contributed by atoms with Gasteiger partial charge in [0.05, 0.1) is 6.04 Å². The predicted octanol–water partition coefficient (Wildman–Crippen LogP) is 3.46. The summed E-state index contributed by atoms with van der Waals surface area (Å²) in [5, 5.41) is 3.12. The summed E-state index contributed by atoms with van der Waals surface area (Å²) in [6.45, 7) is 5.97. The summed E-state index contributed by atoms with van der Waals surface area (Å²) in [5.74, 6) is 0.0329. The van der Waals surface area contributed by atoms with Crippen molar-refractivity contribution in [3.8, 4) is 0 Å². The van der Waals surface area contributed by atoms with Gasteiger partial charge in [0.2, 0.25) is 0 Å². The van der Waals surface area contributed by atoms with E-state index in [9.17, 15) is 4.79 Å². The van der Waals surface area contributed by atoms with Crippen molar-refractivity contribution in [3.63, 3.8) is 0 Å². The first kappa shape index (κ1) is 12.3. The fraction of sp³-hybridized carbons (Fsp3) is 0.357. The van der Waals surface area contributed by atoms with Gasteiger partial charge >= 0.3 is 0 Å². The zero-order valence-electron chi connectivity index (χ0n) is 10.4. The number of carbonyl (C=O) groups excluding carboxylic acids is 1. The van der Waals surface area contributed by atoms with Crippen LogP contribution in [0.2, 0.25) is 0 Å². The fourth-order valence-electron chi connectivity index (χ4n) is 1.75. The van der Waals surface area contributed by atoms with E-state index < -0.39 is 6.04 Å². The Labute approximate surface area is 105 Å². The van der Waals surface area contributed by atoms with Crippen LogP contribution in [0.3, 0.4) is 0 Å². The molecule has 1 aromatic carbocycles. The topological polar surface area (TPSA) is 43.1 Å². The first-order valence-corrected chi connectivity index (χ1v) is 6.55. The van der Waals surface area contributed by atoms with Crippen LogP contribution < -0.4 is 5.73 Å². The van der Waals surface area contributed by atoms with Gasteiger partial charge in [0, 0.05) is 10.3 Å². The Morgan fingerprint density at radius 2 is 2.00 bits per heavy atom. The molecule has 1 heterocycles. The molecule has 0 fully saturated rings. The van der Waals surface area contributed by atoms with E-state index in [0.29, 0.717) is 0 Å². The van der Waals surface area contributed by atoms with Crippen LogP contribution in [0, 0.1) is 5.41 Å². The average molecular weight is 247 g/mol. The van der Waals surface area contributed by atoms with Gasteiger partial charge in [-0.15, -0.1) is 11.3 Å². The summed E-state index contributed by atoms with van der Waals surface area (Å²) < 4.78 is 1.04. The molecule has 0 amide bonds. The standard InChI is InChI=1S/C14H17NOS/c1-14(2,3)13(15)11(16)10-6-4-5-9-7-8-17-12(9)10/h4-8,13H,15H2,1-3H3. The largest absolute Gasteiger partial charge is 0.321 e. The molecular formula is C14H17NOS. The van der Waals surface area contributed by atoms with Gasteiger partial charge in [0.25, 0.3) is 0 Å². The van der Waals surface area contributed by atoms with Crippen LogP contribution in [0.5, 0.6) is 0 Å². The van der Waals surface area contributed by atoms with Crippen molar-refractivity contribution in [1.29, 1.82) is 0 Å². The SMILES string of the molecule is CC(C)(C)C(N)C(=O)c1cccc2ccsc12. The third kappa shape index (κ3) is 2.26. The normalized spacial score (nSPS) is 13.9. The quantitative estimate of drug-likeness (QED) is 0.826. The molecule has 17 heavy (non-hydrogen) atoms. The lowest BCUT2D eigenvalue weighted by atomic mass is 9.83. The fourth-order valence-corrected chi connectivity index (χ4v) is 2.67. The molecule has 2 rings (SSSR count). The Morgan fingerprint density at radius 3 is 2.65 bits per heavy atom. The highest BCUT2D eigenvalue weighted by Gasteiger charge is 2.29. The van der Waals surface area contributed by atoms with Crippen LogP contribution in [0.15, 0.2) is 29.6 Å². The smallest absolute Gasteiger partial charge is 0.181 e. The van der Waals surface area contributed by atoms with Crippen molar-refractivity contribution in [2.75, 3.05) is 0 Å². The second-order valence-corrected chi connectivity index (χ2v) is 6.27. The first-order valence-electron chi connectivity index (χ1n) is 5.67. The predicted molar refractivity (Wildman–Crippen MR) is 73.6 cm³/mol. The second-order valence-electron chi connectivity index (χ2n) is 5.35. The molecule has 0 aliphatic rings. The minimum absolute atomic E-state index is 0.0329. The van der Waals surface area contributed by atoms with E-state index in [4.69, 9.17) is 5.73 Å². The highest BCUT2D eigenvalue weighted by molar-refractivity contribution is 7.17. The molecule has 1 aromatic heterocycles. The summed E-state index contributed by atoms with van der Waals surface area (Å²) in [4.78, 5) is 12.4. The van der Waals surface area contributed by atoms with E-state index >= 15 is 0 Å². The van der Waals surface area contributed by atoms with Crippen molar-refractivity contribution < 1.29 is 4.79 Å². The maximum atomic E-state index is 12.4. The van der Waals surface area contributed by atoms with Crippen LogP contribution in [-0.2, 0) is 0 Å².